The minimum atomic E-state index is -3.83. The number of methoxy groups -OCH3 is 2. The molecule has 0 saturated heterocycles. The van der Waals surface area contributed by atoms with Crippen LogP contribution in [0.15, 0.2) is 77.7 Å². The Morgan fingerprint density at radius 3 is 1.85 bits per heavy atom. The monoisotopic (exact) mass is 483 g/mol. The van der Waals surface area contributed by atoms with Crippen molar-refractivity contribution in [2.75, 3.05) is 38.4 Å². The van der Waals surface area contributed by atoms with E-state index in [-0.39, 0.29) is 28.0 Å². The molecule has 0 radical (unpaired) electrons. The summed E-state index contributed by atoms with van der Waals surface area (Å²) in [6, 6.07) is 19.5. The number of rotatable bonds is 9. The second-order valence-electron chi connectivity index (χ2n) is 7.20. The van der Waals surface area contributed by atoms with Crippen LogP contribution >= 0.6 is 0 Å². The van der Waals surface area contributed by atoms with E-state index in [1.165, 1.54) is 45.5 Å². The number of amides is 2. The summed E-state index contributed by atoms with van der Waals surface area (Å²) in [5.41, 5.74) is 1.06. The molecular formula is C24H25N3O6S. The van der Waals surface area contributed by atoms with E-state index in [2.05, 4.69) is 10.6 Å². The van der Waals surface area contributed by atoms with Crippen LogP contribution in [0.1, 0.15) is 10.4 Å². The lowest BCUT2D eigenvalue weighted by Gasteiger charge is -2.19. The van der Waals surface area contributed by atoms with Gasteiger partial charge in [0.2, 0.25) is 15.9 Å². The van der Waals surface area contributed by atoms with Crippen LogP contribution in [0.5, 0.6) is 11.5 Å². The van der Waals surface area contributed by atoms with Crippen LogP contribution < -0.4 is 20.1 Å². The third kappa shape index (κ3) is 5.72. The lowest BCUT2D eigenvalue weighted by molar-refractivity contribution is -0.116. The smallest absolute Gasteiger partial charge is 0.255 e. The van der Waals surface area contributed by atoms with Gasteiger partial charge in [-0.25, -0.2) is 8.42 Å². The minimum absolute atomic E-state index is 0.0862. The van der Waals surface area contributed by atoms with Gasteiger partial charge in [0.05, 0.1) is 37.0 Å². The molecule has 0 fully saturated rings. The maximum atomic E-state index is 12.7. The molecule has 34 heavy (non-hydrogen) atoms. The Kier molecular flexibility index (Phi) is 7.87. The molecular weight excluding hydrogens is 458 g/mol. The predicted molar refractivity (Wildman–Crippen MR) is 129 cm³/mol. The highest BCUT2D eigenvalue weighted by atomic mass is 32.2. The number of ether oxygens (including phenoxy) is 2. The summed E-state index contributed by atoms with van der Waals surface area (Å²) in [4.78, 5) is 25.3. The second-order valence-corrected chi connectivity index (χ2v) is 9.24. The van der Waals surface area contributed by atoms with Crippen molar-refractivity contribution in [2.24, 2.45) is 0 Å². The van der Waals surface area contributed by atoms with Crippen LogP contribution in [0.2, 0.25) is 0 Å². The molecule has 2 amide bonds. The van der Waals surface area contributed by atoms with Crippen molar-refractivity contribution < 1.29 is 27.5 Å². The summed E-state index contributed by atoms with van der Waals surface area (Å²) in [6.07, 6.45) is 0. The highest BCUT2D eigenvalue weighted by Crippen LogP contribution is 2.36. The van der Waals surface area contributed by atoms with Gasteiger partial charge in [-0.3, -0.25) is 9.59 Å². The molecule has 178 valence electrons. The van der Waals surface area contributed by atoms with Crippen LogP contribution in [0, 0.1) is 0 Å². The largest absolute Gasteiger partial charge is 0.494 e. The Morgan fingerprint density at radius 2 is 1.32 bits per heavy atom. The summed E-state index contributed by atoms with van der Waals surface area (Å²) >= 11 is 0. The van der Waals surface area contributed by atoms with Crippen molar-refractivity contribution in [3.63, 3.8) is 0 Å². The van der Waals surface area contributed by atoms with Crippen molar-refractivity contribution in [2.45, 2.75) is 4.90 Å². The third-order valence-corrected chi connectivity index (χ3v) is 6.72. The van der Waals surface area contributed by atoms with Gasteiger partial charge in [0.1, 0.15) is 11.5 Å². The van der Waals surface area contributed by atoms with Gasteiger partial charge in [0.25, 0.3) is 5.91 Å². The highest BCUT2D eigenvalue weighted by molar-refractivity contribution is 7.89. The first-order chi connectivity index (χ1) is 16.3. The molecule has 3 rings (SSSR count). The van der Waals surface area contributed by atoms with Gasteiger partial charge >= 0.3 is 0 Å². The standard InChI is InChI=1S/C24H25N3O6S/c1-27(34(30,31)18-12-8-5-9-13-18)16-23(28)25-19-14-22(33-3)20(15-21(19)32-2)26-24(29)17-10-6-4-7-11-17/h4-15H,16H2,1-3H3,(H,25,28)(H,26,29). The SMILES string of the molecule is COc1cc(NC(=O)c2ccccc2)c(OC)cc1NC(=O)CN(C)S(=O)(=O)c1ccccc1. The average molecular weight is 484 g/mol. The van der Waals surface area contributed by atoms with E-state index >= 15 is 0 Å². The molecule has 9 nitrogen and oxygen atoms in total. The molecule has 0 aliphatic heterocycles. The van der Waals surface area contributed by atoms with E-state index in [9.17, 15) is 18.0 Å². The fourth-order valence-corrected chi connectivity index (χ4v) is 4.27. The lowest BCUT2D eigenvalue weighted by atomic mass is 10.2. The normalized spacial score (nSPS) is 11.1. The third-order valence-electron chi connectivity index (χ3n) is 4.90. The first-order valence-electron chi connectivity index (χ1n) is 10.2. The van der Waals surface area contributed by atoms with Crippen LogP contribution in [0.4, 0.5) is 11.4 Å². The van der Waals surface area contributed by atoms with Gasteiger partial charge in [-0.2, -0.15) is 4.31 Å². The van der Waals surface area contributed by atoms with E-state index in [4.69, 9.17) is 9.47 Å². The molecule has 0 aliphatic rings. The van der Waals surface area contributed by atoms with Crippen molar-refractivity contribution in [3.8, 4) is 11.5 Å². The van der Waals surface area contributed by atoms with Crippen LogP contribution in [0.25, 0.3) is 0 Å². The molecule has 0 saturated carbocycles. The molecule has 3 aromatic rings. The first kappa shape index (κ1) is 24.7. The molecule has 10 heteroatoms. The molecule has 0 atom stereocenters. The van der Waals surface area contributed by atoms with Crippen molar-refractivity contribution in [3.05, 3.63) is 78.4 Å². The van der Waals surface area contributed by atoms with Gasteiger partial charge in [-0.1, -0.05) is 36.4 Å². The Labute approximate surface area is 198 Å². The zero-order valence-electron chi connectivity index (χ0n) is 18.9. The molecule has 0 unspecified atom stereocenters. The topological polar surface area (TPSA) is 114 Å². The molecule has 0 heterocycles. The minimum Gasteiger partial charge on any atom is -0.494 e. The van der Waals surface area contributed by atoms with Crippen LogP contribution in [-0.4, -0.2) is 52.3 Å². The summed E-state index contributed by atoms with van der Waals surface area (Å²) in [5.74, 6) is -0.384. The summed E-state index contributed by atoms with van der Waals surface area (Å²) in [6.45, 7) is -0.421. The Hall–Kier alpha value is -3.89. The number of anilines is 2. The van der Waals surface area contributed by atoms with Gasteiger partial charge < -0.3 is 20.1 Å². The van der Waals surface area contributed by atoms with E-state index in [0.717, 1.165) is 4.31 Å². The molecule has 0 bridgehead atoms. The Bertz CT molecular complexity index is 1260. The van der Waals surface area contributed by atoms with E-state index in [0.29, 0.717) is 11.3 Å². The number of likely N-dealkylation sites (N-methyl/N-ethyl adjacent to an activating group) is 1. The van der Waals surface area contributed by atoms with Gasteiger partial charge in [0, 0.05) is 24.7 Å². The van der Waals surface area contributed by atoms with E-state index < -0.39 is 22.5 Å². The Morgan fingerprint density at radius 1 is 0.824 bits per heavy atom. The van der Waals surface area contributed by atoms with E-state index in [1.54, 1.807) is 48.5 Å². The molecule has 0 aliphatic carbocycles. The zero-order valence-corrected chi connectivity index (χ0v) is 19.8. The summed E-state index contributed by atoms with van der Waals surface area (Å²) in [7, 11) is 0.320. The van der Waals surface area contributed by atoms with Crippen molar-refractivity contribution in [1.29, 1.82) is 0 Å². The quantitative estimate of drug-likeness (QED) is 0.483. The molecule has 3 aromatic carbocycles. The van der Waals surface area contributed by atoms with E-state index in [1.807, 2.05) is 0 Å². The number of hydrogen-bond acceptors (Lipinski definition) is 6. The summed E-state index contributed by atoms with van der Waals surface area (Å²) < 4.78 is 37.0. The maximum absolute atomic E-state index is 12.7. The maximum Gasteiger partial charge on any atom is 0.255 e. The Balaban J connectivity index is 1.77. The number of carbonyl (C=O) groups is 2. The number of hydrogen-bond donors (Lipinski definition) is 2. The first-order valence-corrected chi connectivity index (χ1v) is 11.6. The van der Waals surface area contributed by atoms with Crippen LogP contribution in [-0.2, 0) is 14.8 Å². The predicted octanol–water partition coefficient (Wildman–Crippen LogP) is 3.22. The number of nitrogens with one attached hydrogen (secondary N) is 2. The fraction of sp³-hybridized carbons (Fsp3) is 0.167. The van der Waals surface area contributed by atoms with Gasteiger partial charge in [-0.15, -0.1) is 0 Å². The fourth-order valence-electron chi connectivity index (χ4n) is 3.13. The average Bonchev–Trinajstić information content (AvgIpc) is 2.85. The zero-order chi connectivity index (χ0) is 24.7. The second kappa shape index (κ2) is 10.8. The van der Waals surface area contributed by atoms with Crippen molar-refractivity contribution >= 4 is 33.2 Å². The number of benzene rings is 3. The molecule has 0 spiro atoms. The number of carbonyl (C=O) groups excluding carboxylic acids is 2. The van der Waals surface area contributed by atoms with Gasteiger partial charge in [-0.05, 0) is 24.3 Å². The highest BCUT2D eigenvalue weighted by Gasteiger charge is 2.23. The summed E-state index contributed by atoms with van der Waals surface area (Å²) in [5, 5.41) is 5.40. The number of nitrogens with zero attached hydrogens (tertiary/aromatic N) is 1. The molecule has 2 N–H and O–H groups in total. The van der Waals surface area contributed by atoms with Crippen molar-refractivity contribution in [1.82, 2.24) is 4.31 Å². The lowest BCUT2D eigenvalue weighted by Crippen LogP contribution is -2.35. The number of sulfonamides is 1. The molecule has 0 aromatic heterocycles. The van der Waals surface area contributed by atoms with Crippen LogP contribution in [0.3, 0.4) is 0 Å². The van der Waals surface area contributed by atoms with Gasteiger partial charge in [0.15, 0.2) is 0 Å².